The molecule has 4 heteroatoms. The van der Waals surface area contributed by atoms with Crippen molar-refractivity contribution in [3.63, 3.8) is 0 Å². The molecule has 1 atom stereocenters. The van der Waals surface area contributed by atoms with Crippen LogP contribution in [0.2, 0.25) is 0 Å². The summed E-state index contributed by atoms with van der Waals surface area (Å²) in [6.07, 6.45) is 3.11. The van der Waals surface area contributed by atoms with Gasteiger partial charge in [-0.25, -0.2) is 4.98 Å². The molecule has 0 spiro atoms. The smallest absolute Gasteiger partial charge is 0.122 e. The van der Waals surface area contributed by atoms with Crippen molar-refractivity contribution < 1.29 is 9.84 Å². The molecular formula is C16H22N2O2. The first-order valence-corrected chi connectivity index (χ1v) is 6.95. The molecule has 1 N–H and O–H groups in total. The second-order valence-electron chi connectivity index (χ2n) is 5.32. The van der Waals surface area contributed by atoms with Crippen LogP contribution < -0.4 is 4.74 Å². The fourth-order valence-electron chi connectivity index (χ4n) is 2.16. The van der Waals surface area contributed by atoms with Gasteiger partial charge in [0.15, 0.2) is 0 Å². The van der Waals surface area contributed by atoms with Crippen LogP contribution in [0.3, 0.4) is 0 Å². The van der Waals surface area contributed by atoms with Crippen LogP contribution in [0.5, 0.6) is 5.75 Å². The SMILES string of the molecule is Cc1ccccc1OC[C@@H](O)Cn1ccnc1C(C)C. The van der Waals surface area contributed by atoms with E-state index in [2.05, 4.69) is 18.8 Å². The van der Waals surface area contributed by atoms with E-state index in [0.29, 0.717) is 12.5 Å². The Balaban J connectivity index is 1.91. The van der Waals surface area contributed by atoms with Gasteiger partial charge in [-0.3, -0.25) is 0 Å². The Morgan fingerprint density at radius 3 is 2.75 bits per heavy atom. The van der Waals surface area contributed by atoms with Gasteiger partial charge < -0.3 is 14.4 Å². The Hall–Kier alpha value is -1.81. The van der Waals surface area contributed by atoms with Crippen LogP contribution in [-0.2, 0) is 6.54 Å². The number of aryl methyl sites for hydroxylation is 1. The zero-order chi connectivity index (χ0) is 14.5. The first-order chi connectivity index (χ1) is 9.58. The Bertz CT molecular complexity index is 549. The van der Waals surface area contributed by atoms with E-state index in [1.807, 2.05) is 42.0 Å². The fraction of sp³-hybridized carbons (Fsp3) is 0.438. The van der Waals surface area contributed by atoms with Crippen LogP contribution in [-0.4, -0.2) is 27.4 Å². The lowest BCUT2D eigenvalue weighted by Crippen LogP contribution is -2.24. The summed E-state index contributed by atoms with van der Waals surface area (Å²) in [7, 11) is 0. The average Bonchev–Trinajstić information content (AvgIpc) is 2.86. The Kier molecular flexibility index (Phi) is 4.79. The number of aliphatic hydroxyl groups is 1. The van der Waals surface area contributed by atoms with Gasteiger partial charge in [-0.05, 0) is 18.6 Å². The number of hydrogen-bond donors (Lipinski definition) is 1. The molecule has 0 aliphatic carbocycles. The van der Waals surface area contributed by atoms with Crippen LogP contribution in [0, 0.1) is 6.92 Å². The largest absolute Gasteiger partial charge is 0.491 e. The molecule has 2 aromatic rings. The summed E-state index contributed by atoms with van der Waals surface area (Å²) in [5, 5.41) is 10.1. The summed E-state index contributed by atoms with van der Waals surface area (Å²) in [4.78, 5) is 4.31. The van der Waals surface area contributed by atoms with Gasteiger partial charge in [0.25, 0.3) is 0 Å². The molecule has 0 aliphatic rings. The van der Waals surface area contributed by atoms with Gasteiger partial charge >= 0.3 is 0 Å². The van der Waals surface area contributed by atoms with Crippen LogP contribution >= 0.6 is 0 Å². The van der Waals surface area contributed by atoms with Gasteiger partial charge in [0.05, 0.1) is 6.54 Å². The standard InChI is InChI=1S/C16H22N2O2/c1-12(2)16-17-8-9-18(16)10-14(19)11-20-15-7-5-4-6-13(15)3/h4-9,12,14,19H,10-11H2,1-3H3/t14-/m0/s1. The second kappa shape index (κ2) is 6.57. The molecule has 0 amide bonds. The van der Waals surface area contributed by atoms with Crippen LogP contribution in [0.1, 0.15) is 31.2 Å². The van der Waals surface area contributed by atoms with Crippen molar-refractivity contribution in [3.05, 3.63) is 48.0 Å². The maximum absolute atomic E-state index is 10.1. The highest BCUT2D eigenvalue weighted by atomic mass is 16.5. The van der Waals surface area contributed by atoms with Crippen molar-refractivity contribution in [3.8, 4) is 5.75 Å². The van der Waals surface area contributed by atoms with Crippen molar-refractivity contribution in [2.75, 3.05) is 6.61 Å². The van der Waals surface area contributed by atoms with E-state index in [1.54, 1.807) is 6.20 Å². The molecule has 1 aromatic heterocycles. The van der Waals surface area contributed by atoms with Crippen LogP contribution in [0.15, 0.2) is 36.7 Å². The Morgan fingerprint density at radius 2 is 2.05 bits per heavy atom. The summed E-state index contributed by atoms with van der Waals surface area (Å²) in [5.41, 5.74) is 1.07. The van der Waals surface area contributed by atoms with E-state index in [-0.39, 0.29) is 6.61 Å². The molecule has 0 unspecified atom stereocenters. The minimum Gasteiger partial charge on any atom is -0.491 e. The first-order valence-electron chi connectivity index (χ1n) is 6.95. The number of aliphatic hydroxyl groups excluding tert-OH is 1. The predicted octanol–water partition coefficient (Wildman–Crippen LogP) is 2.75. The Morgan fingerprint density at radius 1 is 1.30 bits per heavy atom. The summed E-state index contributed by atoms with van der Waals surface area (Å²) < 4.78 is 7.65. The number of benzene rings is 1. The van der Waals surface area contributed by atoms with Crippen molar-refractivity contribution in [1.82, 2.24) is 9.55 Å². The molecule has 108 valence electrons. The maximum atomic E-state index is 10.1. The minimum absolute atomic E-state index is 0.278. The number of imidazole rings is 1. The molecule has 1 heterocycles. The van der Waals surface area contributed by atoms with Crippen LogP contribution in [0.4, 0.5) is 0 Å². The number of hydrogen-bond acceptors (Lipinski definition) is 3. The lowest BCUT2D eigenvalue weighted by molar-refractivity contribution is 0.0912. The average molecular weight is 274 g/mol. The van der Waals surface area contributed by atoms with Crippen molar-refractivity contribution in [2.45, 2.75) is 39.3 Å². The summed E-state index contributed by atoms with van der Waals surface area (Å²) in [5.74, 6) is 2.15. The predicted molar refractivity (Wildman–Crippen MR) is 79.0 cm³/mol. The van der Waals surface area contributed by atoms with Gasteiger partial charge in [-0.15, -0.1) is 0 Å². The minimum atomic E-state index is -0.554. The number of ether oxygens (including phenoxy) is 1. The van der Waals surface area contributed by atoms with Gasteiger partial charge in [0.2, 0.25) is 0 Å². The van der Waals surface area contributed by atoms with E-state index in [0.717, 1.165) is 17.1 Å². The molecule has 0 saturated heterocycles. The highest BCUT2D eigenvalue weighted by Gasteiger charge is 2.12. The number of nitrogens with zero attached hydrogens (tertiary/aromatic N) is 2. The fourth-order valence-corrected chi connectivity index (χ4v) is 2.16. The maximum Gasteiger partial charge on any atom is 0.122 e. The van der Waals surface area contributed by atoms with E-state index < -0.39 is 6.10 Å². The van der Waals surface area contributed by atoms with Gasteiger partial charge in [0.1, 0.15) is 24.3 Å². The molecule has 0 fully saturated rings. The Labute approximate surface area is 120 Å². The van der Waals surface area contributed by atoms with Gasteiger partial charge in [-0.1, -0.05) is 32.0 Å². The molecule has 1 aromatic carbocycles. The third kappa shape index (κ3) is 3.61. The van der Waals surface area contributed by atoms with E-state index in [4.69, 9.17) is 4.74 Å². The highest BCUT2D eigenvalue weighted by molar-refractivity contribution is 5.31. The van der Waals surface area contributed by atoms with E-state index in [1.165, 1.54) is 0 Å². The quantitative estimate of drug-likeness (QED) is 0.881. The molecule has 0 radical (unpaired) electrons. The van der Waals surface area contributed by atoms with Crippen molar-refractivity contribution in [2.24, 2.45) is 0 Å². The van der Waals surface area contributed by atoms with E-state index >= 15 is 0 Å². The zero-order valence-electron chi connectivity index (χ0n) is 12.3. The number of para-hydroxylation sites is 1. The van der Waals surface area contributed by atoms with Crippen LogP contribution in [0.25, 0.3) is 0 Å². The highest BCUT2D eigenvalue weighted by Crippen LogP contribution is 2.17. The van der Waals surface area contributed by atoms with Crippen molar-refractivity contribution in [1.29, 1.82) is 0 Å². The number of aromatic nitrogens is 2. The summed E-state index contributed by atoms with van der Waals surface area (Å²) >= 11 is 0. The third-order valence-electron chi connectivity index (χ3n) is 3.20. The van der Waals surface area contributed by atoms with Gasteiger partial charge in [0, 0.05) is 18.3 Å². The lowest BCUT2D eigenvalue weighted by atomic mass is 10.2. The molecule has 0 saturated carbocycles. The van der Waals surface area contributed by atoms with E-state index in [9.17, 15) is 5.11 Å². The molecular weight excluding hydrogens is 252 g/mol. The lowest BCUT2D eigenvalue weighted by Gasteiger charge is -2.16. The monoisotopic (exact) mass is 274 g/mol. The molecule has 0 bridgehead atoms. The van der Waals surface area contributed by atoms with Crippen molar-refractivity contribution >= 4 is 0 Å². The molecule has 20 heavy (non-hydrogen) atoms. The molecule has 0 aliphatic heterocycles. The second-order valence-corrected chi connectivity index (χ2v) is 5.32. The molecule has 2 rings (SSSR count). The van der Waals surface area contributed by atoms with Gasteiger partial charge in [-0.2, -0.15) is 0 Å². The topological polar surface area (TPSA) is 47.3 Å². The molecule has 4 nitrogen and oxygen atoms in total. The summed E-state index contributed by atoms with van der Waals surface area (Å²) in [6, 6.07) is 7.81. The number of rotatable bonds is 6. The summed E-state index contributed by atoms with van der Waals surface area (Å²) in [6.45, 7) is 6.96. The first kappa shape index (κ1) is 14.6. The zero-order valence-corrected chi connectivity index (χ0v) is 12.3. The third-order valence-corrected chi connectivity index (χ3v) is 3.20. The normalized spacial score (nSPS) is 12.7.